The SMILES string of the molecule is Cn1c(CC2CCS(=O)(=O)C2)nn(CN(Cc2ccc(Cl)c(Cl)c2)C2CC2)c1=S. The second-order valence-electron chi connectivity index (χ2n) is 8.10. The molecule has 6 nitrogen and oxygen atoms in total. The summed E-state index contributed by atoms with van der Waals surface area (Å²) in [5.74, 6) is 1.50. The van der Waals surface area contributed by atoms with E-state index < -0.39 is 9.84 Å². The van der Waals surface area contributed by atoms with Crippen LogP contribution >= 0.6 is 35.4 Å². The monoisotopic (exact) mass is 474 g/mol. The molecule has 2 aliphatic rings. The smallest absolute Gasteiger partial charge is 0.198 e. The molecule has 1 unspecified atom stereocenters. The Bertz CT molecular complexity index is 1080. The highest BCUT2D eigenvalue weighted by Gasteiger charge is 2.31. The van der Waals surface area contributed by atoms with Crippen molar-refractivity contribution < 1.29 is 8.42 Å². The highest BCUT2D eigenvalue weighted by Crippen LogP contribution is 2.30. The van der Waals surface area contributed by atoms with Crippen molar-refractivity contribution in [1.29, 1.82) is 0 Å². The molecule has 10 heteroatoms. The Hall–Kier alpha value is -0.930. The summed E-state index contributed by atoms with van der Waals surface area (Å²) in [7, 11) is -0.985. The lowest BCUT2D eigenvalue weighted by Crippen LogP contribution is -2.29. The molecule has 0 bridgehead atoms. The first kappa shape index (κ1) is 21.3. The topological polar surface area (TPSA) is 60.1 Å². The van der Waals surface area contributed by atoms with E-state index >= 15 is 0 Å². The van der Waals surface area contributed by atoms with Gasteiger partial charge in [-0.05, 0) is 55.1 Å². The number of sulfone groups is 1. The summed E-state index contributed by atoms with van der Waals surface area (Å²) in [5.41, 5.74) is 1.10. The molecule has 2 fully saturated rings. The van der Waals surface area contributed by atoms with Crippen molar-refractivity contribution in [2.45, 2.75) is 44.9 Å². The third-order valence-electron chi connectivity index (χ3n) is 5.68. The number of hydrogen-bond acceptors (Lipinski definition) is 5. The summed E-state index contributed by atoms with van der Waals surface area (Å²) < 4.78 is 27.9. The van der Waals surface area contributed by atoms with E-state index in [0.29, 0.717) is 40.4 Å². The Morgan fingerprint density at radius 2 is 2.00 bits per heavy atom. The van der Waals surface area contributed by atoms with Crippen LogP contribution in [0.1, 0.15) is 30.7 Å². The number of halogens is 2. The van der Waals surface area contributed by atoms with Gasteiger partial charge in [-0.3, -0.25) is 4.90 Å². The maximum absolute atomic E-state index is 11.8. The van der Waals surface area contributed by atoms with Gasteiger partial charge in [-0.25, -0.2) is 13.1 Å². The molecule has 0 N–H and O–H groups in total. The molecule has 2 aromatic rings. The molecule has 1 atom stereocenters. The molecule has 29 heavy (non-hydrogen) atoms. The fourth-order valence-corrected chi connectivity index (χ4v) is 6.26. The van der Waals surface area contributed by atoms with Gasteiger partial charge in [-0.2, -0.15) is 5.10 Å². The number of aromatic nitrogens is 3. The molecule has 0 spiro atoms. The van der Waals surface area contributed by atoms with Crippen LogP contribution in [0.5, 0.6) is 0 Å². The van der Waals surface area contributed by atoms with E-state index in [0.717, 1.165) is 30.8 Å². The van der Waals surface area contributed by atoms with Crippen molar-refractivity contribution in [2.75, 3.05) is 11.5 Å². The molecule has 158 valence electrons. The third-order valence-corrected chi connectivity index (χ3v) is 8.74. The minimum Gasteiger partial charge on any atom is -0.307 e. The standard InChI is InChI=1S/C19H24Cl2N4O2S2/c1-23-18(9-14-6-7-29(26,27)11-14)22-25(19(23)28)12-24(15-3-4-15)10-13-2-5-16(20)17(21)8-13/h2,5,8,14-15H,3-4,6-7,9-12H2,1H3. The Morgan fingerprint density at radius 3 is 2.62 bits per heavy atom. The van der Waals surface area contributed by atoms with Crippen LogP contribution in [0.25, 0.3) is 0 Å². The molecular weight excluding hydrogens is 451 g/mol. The first-order chi connectivity index (χ1) is 13.7. The average molecular weight is 475 g/mol. The van der Waals surface area contributed by atoms with Crippen LogP contribution in [-0.4, -0.2) is 45.2 Å². The van der Waals surface area contributed by atoms with E-state index in [-0.39, 0.29) is 17.4 Å². The third kappa shape index (κ3) is 5.05. The second-order valence-corrected chi connectivity index (χ2v) is 11.5. The minimum atomic E-state index is -2.89. The largest absolute Gasteiger partial charge is 0.307 e. The van der Waals surface area contributed by atoms with Crippen molar-refractivity contribution >= 4 is 45.3 Å². The zero-order chi connectivity index (χ0) is 20.8. The lowest BCUT2D eigenvalue weighted by molar-refractivity contribution is 0.186. The molecule has 1 saturated carbocycles. The average Bonchev–Trinajstić information content (AvgIpc) is 3.40. The fraction of sp³-hybridized carbons (Fsp3) is 0.579. The summed E-state index contributed by atoms with van der Waals surface area (Å²) in [6.45, 7) is 1.34. The first-order valence-corrected chi connectivity index (χ1v) is 12.7. The zero-order valence-corrected chi connectivity index (χ0v) is 19.4. The quantitative estimate of drug-likeness (QED) is 0.570. The van der Waals surface area contributed by atoms with E-state index in [1.54, 1.807) is 0 Å². The van der Waals surface area contributed by atoms with Crippen LogP contribution in [0.15, 0.2) is 18.2 Å². The van der Waals surface area contributed by atoms with Crippen molar-refractivity contribution in [1.82, 2.24) is 19.2 Å². The van der Waals surface area contributed by atoms with E-state index in [2.05, 4.69) is 4.90 Å². The lowest BCUT2D eigenvalue weighted by Gasteiger charge is -2.22. The van der Waals surface area contributed by atoms with Crippen LogP contribution in [0.3, 0.4) is 0 Å². The Balaban J connectivity index is 1.49. The normalized spacial score (nSPS) is 21.2. The van der Waals surface area contributed by atoms with E-state index in [9.17, 15) is 8.42 Å². The van der Waals surface area contributed by atoms with E-state index in [1.165, 1.54) is 0 Å². The molecular formula is C19H24Cl2N4O2S2. The molecule has 1 aromatic heterocycles. The lowest BCUT2D eigenvalue weighted by atomic mass is 10.1. The second kappa shape index (κ2) is 8.30. The molecule has 0 amide bonds. The zero-order valence-electron chi connectivity index (χ0n) is 16.2. The summed E-state index contributed by atoms with van der Waals surface area (Å²) in [5, 5.41) is 5.85. The van der Waals surface area contributed by atoms with Gasteiger partial charge >= 0.3 is 0 Å². The van der Waals surface area contributed by atoms with Crippen molar-refractivity contribution in [3.05, 3.63) is 44.4 Å². The van der Waals surface area contributed by atoms with Crippen LogP contribution in [-0.2, 0) is 36.5 Å². The Labute approximate surface area is 186 Å². The van der Waals surface area contributed by atoms with Crippen LogP contribution < -0.4 is 0 Å². The maximum Gasteiger partial charge on any atom is 0.198 e. The number of rotatable bonds is 7. The van der Waals surface area contributed by atoms with Gasteiger partial charge in [0.05, 0.1) is 28.2 Å². The highest BCUT2D eigenvalue weighted by atomic mass is 35.5. The van der Waals surface area contributed by atoms with Gasteiger partial charge in [-0.15, -0.1) is 0 Å². The van der Waals surface area contributed by atoms with Crippen LogP contribution in [0, 0.1) is 10.7 Å². The van der Waals surface area contributed by atoms with Gasteiger partial charge < -0.3 is 4.57 Å². The van der Waals surface area contributed by atoms with Gasteiger partial charge in [-0.1, -0.05) is 29.3 Å². The molecule has 1 aliphatic heterocycles. The number of benzene rings is 1. The summed E-state index contributed by atoms with van der Waals surface area (Å²) in [6, 6.07) is 6.23. The van der Waals surface area contributed by atoms with E-state index in [4.69, 9.17) is 40.5 Å². The minimum absolute atomic E-state index is 0.125. The Morgan fingerprint density at radius 1 is 1.24 bits per heavy atom. The van der Waals surface area contributed by atoms with Crippen LogP contribution in [0.4, 0.5) is 0 Å². The molecule has 1 saturated heterocycles. The van der Waals surface area contributed by atoms with Gasteiger partial charge in [0.2, 0.25) is 0 Å². The van der Waals surface area contributed by atoms with Crippen molar-refractivity contribution in [3.63, 3.8) is 0 Å². The molecule has 2 heterocycles. The van der Waals surface area contributed by atoms with Gasteiger partial charge in [0, 0.05) is 26.1 Å². The summed E-state index contributed by atoms with van der Waals surface area (Å²) in [6.07, 6.45) is 3.67. The maximum atomic E-state index is 11.8. The Kier molecular flexibility index (Phi) is 6.10. The van der Waals surface area contributed by atoms with Crippen LogP contribution in [0.2, 0.25) is 10.0 Å². The number of hydrogen-bond donors (Lipinski definition) is 0. The number of nitrogens with zero attached hydrogens (tertiary/aromatic N) is 4. The molecule has 0 radical (unpaired) electrons. The predicted octanol–water partition coefficient (Wildman–Crippen LogP) is 3.86. The van der Waals surface area contributed by atoms with Crippen molar-refractivity contribution in [2.24, 2.45) is 13.0 Å². The summed E-state index contributed by atoms with van der Waals surface area (Å²) in [4.78, 5) is 2.35. The summed E-state index contributed by atoms with van der Waals surface area (Å²) >= 11 is 17.8. The van der Waals surface area contributed by atoms with Gasteiger partial charge in [0.15, 0.2) is 14.6 Å². The van der Waals surface area contributed by atoms with Gasteiger partial charge in [0.25, 0.3) is 0 Å². The highest BCUT2D eigenvalue weighted by molar-refractivity contribution is 7.91. The first-order valence-electron chi connectivity index (χ1n) is 9.73. The molecule has 1 aromatic carbocycles. The molecule has 4 rings (SSSR count). The molecule has 1 aliphatic carbocycles. The van der Waals surface area contributed by atoms with E-state index in [1.807, 2.05) is 34.5 Å². The van der Waals surface area contributed by atoms with Crippen molar-refractivity contribution in [3.8, 4) is 0 Å². The van der Waals surface area contributed by atoms with Gasteiger partial charge in [0.1, 0.15) is 5.82 Å². The predicted molar refractivity (Wildman–Crippen MR) is 118 cm³/mol. The fourth-order valence-electron chi connectivity index (χ4n) is 3.87.